The van der Waals surface area contributed by atoms with Gasteiger partial charge in [-0.05, 0) is 37.7 Å². The van der Waals surface area contributed by atoms with Crippen molar-refractivity contribution in [3.05, 3.63) is 58.5 Å². The lowest BCUT2D eigenvalue weighted by molar-refractivity contribution is 0.523. The maximum atomic E-state index is 5.88. The van der Waals surface area contributed by atoms with Gasteiger partial charge in [-0.2, -0.15) is 0 Å². The summed E-state index contributed by atoms with van der Waals surface area (Å²) in [4.78, 5) is 0. The standard InChI is InChI=1S/C13H14ClNO/c1-9-12(7-8-16-9)13(15-2)10-3-5-11(14)6-4-10/h3-8,13,15H,1-2H3. The Morgan fingerprint density at radius 2 is 1.88 bits per heavy atom. The fourth-order valence-corrected chi connectivity index (χ4v) is 1.98. The number of nitrogens with one attached hydrogen (secondary N) is 1. The van der Waals surface area contributed by atoms with Gasteiger partial charge in [-0.1, -0.05) is 23.7 Å². The van der Waals surface area contributed by atoms with Crippen LogP contribution in [0.25, 0.3) is 0 Å². The number of hydrogen-bond donors (Lipinski definition) is 1. The molecule has 1 aromatic carbocycles. The third-order valence-electron chi connectivity index (χ3n) is 2.70. The van der Waals surface area contributed by atoms with Crippen LogP contribution < -0.4 is 5.32 Å². The smallest absolute Gasteiger partial charge is 0.105 e. The second-order valence-electron chi connectivity index (χ2n) is 3.71. The first kappa shape index (κ1) is 11.2. The molecule has 0 aliphatic heterocycles. The summed E-state index contributed by atoms with van der Waals surface area (Å²) in [6, 6.07) is 9.99. The lowest BCUT2D eigenvalue weighted by Crippen LogP contribution is -2.17. The summed E-state index contributed by atoms with van der Waals surface area (Å²) < 4.78 is 5.33. The van der Waals surface area contributed by atoms with Crippen LogP contribution in [0.5, 0.6) is 0 Å². The number of furan rings is 1. The van der Waals surface area contributed by atoms with Gasteiger partial charge in [0.2, 0.25) is 0 Å². The maximum Gasteiger partial charge on any atom is 0.105 e. The third kappa shape index (κ3) is 2.13. The fraction of sp³-hybridized carbons (Fsp3) is 0.231. The Hall–Kier alpha value is -1.25. The predicted molar refractivity (Wildman–Crippen MR) is 65.8 cm³/mol. The Bertz CT molecular complexity index is 461. The minimum absolute atomic E-state index is 0.149. The molecule has 0 saturated heterocycles. The molecule has 1 atom stereocenters. The van der Waals surface area contributed by atoms with E-state index in [9.17, 15) is 0 Å². The van der Waals surface area contributed by atoms with Crippen molar-refractivity contribution >= 4 is 11.6 Å². The molecule has 1 N–H and O–H groups in total. The molecule has 2 rings (SSSR count). The van der Waals surface area contributed by atoms with Gasteiger partial charge in [0.25, 0.3) is 0 Å². The van der Waals surface area contributed by atoms with Crippen LogP contribution in [0.2, 0.25) is 5.02 Å². The van der Waals surface area contributed by atoms with Gasteiger partial charge in [0.15, 0.2) is 0 Å². The quantitative estimate of drug-likeness (QED) is 0.880. The third-order valence-corrected chi connectivity index (χ3v) is 2.95. The number of halogens is 1. The second kappa shape index (κ2) is 4.73. The van der Waals surface area contributed by atoms with Gasteiger partial charge < -0.3 is 9.73 Å². The lowest BCUT2D eigenvalue weighted by Gasteiger charge is -2.16. The molecule has 0 radical (unpaired) electrons. The molecule has 2 nitrogen and oxygen atoms in total. The van der Waals surface area contributed by atoms with E-state index < -0.39 is 0 Å². The Balaban J connectivity index is 2.37. The number of rotatable bonds is 3. The van der Waals surface area contributed by atoms with Crippen molar-refractivity contribution in [2.24, 2.45) is 0 Å². The number of aryl methyl sites for hydroxylation is 1. The van der Waals surface area contributed by atoms with Crippen LogP contribution in [0.15, 0.2) is 41.0 Å². The van der Waals surface area contributed by atoms with Crippen molar-refractivity contribution in [1.82, 2.24) is 5.32 Å². The van der Waals surface area contributed by atoms with Crippen LogP contribution >= 0.6 is 11.6 Å². The van der Waals surface area contributed by atoms with Crippen LogP contribution in [-0.4, -0.2) is 7.05 Å². The fourth-order valence-electron chi connectivity index (χ4n) is 1.85. The van der Waals surface area contributed by atoms with Gasteiger partial charge >= 0.3 is 0 Å². The number of benzene rings is 1. The maximum absolute atomic E-state index is 5.88. The first-order valence-electron chi connectivity index (χ1n) is 5.19. The largest absolute Gasteiger partial charge is 0.469 e. The summed E-state index contributed by atoms with van der Waals surface area (Å²) in [6.07, 6.45) is 1.71. The van der Waals surface area contributed by atoms with E-state index in [2.05, 4.69) is 5.32 Å². The summed E-state index contributed by atoms with van der Waals surface area (Å²) in [5, 5.41) is 4.03. The van der Waals surface area contributed by atoms with Crippen LogP contribution in [0.4, 0.5) is 0 Å². The summed E-state index contributed by atoms with van der Waals surface area (Å²) in [5.41, 5.74) is 2.33. The molecule has 2 aromatic rings. The Morgan fingerprint density at radius 3 is 2.38 bits per heavy atom. The molecule has 16 heavy (non-hydrogen) atoms. The monoisotopic (exact) mass is 235 g/mol. The van der Waals surface area contributed by atoms with Crippen molar-refractivity contribution in [3.63, 3.8) is 0 Å². The van der Waals surface area contributed by atoms with Gasteiger partial charge in [-0.15, -0.1) is 0 Å². The summed E-state index contributed by atoms with van der Waals surface area (Å²) in [6.45, 7) is 1.97. The molecule has 1 unspecified atom stereocenters. The van der Waals surface area contributed by atoms with E-state index in [-0.39, 0.29) is 6.04 Å². The SMILES string of the molecule is CNC(c1ccc(Cl)cc1)c1ccoc1C. The molecule has 0 spiro atoms. The topological polar surface area (TPSA) is 25.2 Å². The van der Waals surface area contributed by atoms with E-state index in [1.807, 2.05) is 44.3 Å². The first-order valence-corrected chi connectivity index (χ1v) is 5.57. The molecule has 0 aliphatic rings. The molecular formula is C13H14ClNO. The van der Waals surface area contributed by atoms with Gasteiger partial charge in [0.1, 0.15) is 5.76 Å². The first-order chi connectivity index (χ1) is 7.72. The zero-order chi connectivity index (χ0) is 11.5. The van der Waals surface area contributed by atoms with E-state index in [0.29, 0.717) is 0 Å². The van der Waals surface area contributed by atoms with Gasteiger partial charge in [-0.25, -0.2) is 0 Å². The summed E-state index contributed by atoms with van der Waals surface area (Å²) in [5.74, 6) is 0.939. The zero-order valence-corrected chi connectivity index (χ0v) is 10.1. The molecule has 1 aromatic heterocycles. The van der Waals surface area contributed by atoms with Gasteiger partial charge in [0.05, 0.1) is 12.3 Å². The summed E-state index contributed by atoms with van der Waals surface area (Å²) in [7, 11) is 1.94. The molecule has 0 amide bonds. The van der Waals surface area contributed by atoms with E-state index in [4.69, 9.17) is 16.0 Å². The Morgan fingerprint density at radius 1 is 1.19 bits per heavy atom. The molecule has 3 heteroatoms. The zero-order valence-electron chi connectivity index (χ0n) is 9.33. The highest BCUT2D eigenvalue weighted by molar-refractivity contribution is 6.30. The van der Waals surface area contributed by atoms with Crippen molar-refractivity contribution in [3.8, 4) is 0 Å². The van der Waals surface area contributed by atoms with E-state index in [1.165, 1.54) is 5.56 Å². The summed E-state index contributed by atoms with van der Waals surface area (Å²) >= 11 is 5.88. The Kier molecular flexibility index (Phi) is 3.32. The molecule has 0 saturated carbocycles. The molecular weight excluding hydrogens is 222 g/mol. The van der Waals surface area contributed by atoms with Gasteiger partial charge in [0, 0.05) is 10.6 Å². The van der Waals surface area contributed by atoms with Gasteiger partial charge in [-0.3, -0.25) is 0 Å². The highest BCUT2D eigenvalue weighted by Crippen LogP contribution is 2.26. The van der Waals surface area contributed by atoms with E-state index in [1.54, 1.807) is 6.26 Å². The van der Waals surface area contributed by atoms with Crippen LogP contribution in [0, 0.1) is 6.92 Å². The molecule has 0 aliphatic carbocycles. The molecule has 0 bridgehead atoms. The normalized spacial score (nSPS) is 12.7. The second-order valence-corrected chi connectivity index (χ2v) is 4.14. The van der Waals surface area contributed by atoms with Crippen LogP contribution in [-0.2, 0) is 0 Å². The Labute approximate surface area is 100 Å². The highest BCUT2D eigenvalue weighted by Gasteiger charge is 2.15. The molecule has 1 heterocycles. The van der Waals surface area contributed by atoms with Crippen LogP contribution in [0.1, 0.15) is 22.9 Å². The molecule has 0 fully saturated rings. The minimum atomic E-state index is 0.149. The van der Waals surface area contributed by atoms with E-state index in [0.717, 1.165) is 16.3 Å². The van der Waals surface area contributed by atoms with Crippen molar-refractivity contribution in [2.45, 2.75) is 13.0 Å². The average Bonchev–Trinajstić information content (AvgIpc) is 2.69. The average molecular weight is 236 g/mol. The highest BCUT2D eigenvalue weighted by atomic mass is 35.5. The predicted octanol–water partition coefficient (Wildman–Crippen LogP) is 3.55. The van der Waals surface area contributed by atoms with Crippen LogP contribution in [0.3, 0.4) is 0 Å². The van der Waals surface area contributed by atoms with Crippen molar-refractivity contribution in [2.75, 3.05) is 7.05 Å². The van der Waals surface area contributed by atoms with E-state index >= 15 is 0 Å². The minimum Gasteiger partial charge on any atom is -0.469 e. The van der Waals surface area contributed by atoms with Crippen molar-refractivity contribution in [1.29, 1.82) is 0 Å². The van der Waals surface area contributed by atoms with Crippen molar-refractivity contribution < 1.29 is 4.42 Å². The lowest BCUT2D eigenvalue weighted by atomic mass is 10.00. The number of hydrogen-bond acceptors (Lipinski definition) is 2. The molecule has 84 valence electrons.